The lowest BCUT2D eigenvalue weighted by molar-refractivity contribution is -0.125. The minimum Gasteiger partial charge on any atom is -0.488 e. The van der Waals surface area contributed by atoms with Crippen molar-refractivity contribution < 1.29 is 40.7 Å². The van der Waals surface area contributed by atoms with Gasteiger partial charge in [0.05, 0.1) is 24.1 Å². The SMILES string of the molecule is O=C(OCc1ccccc1)c1ccc(N(Cc2cnc(C3CCCCC3)cn2)C(=O)[C@H]2CCN2S(=O)(=O)c2c(F)cc(F)cc2F)cc1OCc1ccccc1. The minimum atomic E-state index is -4.92. The van der Waals surface area contributed by atoms with Crippen molar-refractivity contribution in [3.05, 3.63) is 149 Å². The van der Waals surface area contributed by atoms with Gasteiger partial charge in [0.25, 0.3) is 0 Å². The van der Waals surface area contributed by atoms with E-state index in [-0.39, 0.29) is 67.8 Å². The summed E-state index contributed by atoms with van der Waals surface area (Å²) >= 11 is 0. The highest BCUT2D eigenvalue weighted by atomic mass is 32.2. The van der Waals surface area contributed by atoms with Gasteiger partial charge in [0.15, 0.2) is 4.90 Å². The molecule has 1 aliphatic carbocycles. The largest absolute Gasteiger partial charge is 0.488 e. The third-order valence-electron chi connectivity index (χ3n) is 10.1. The van der Waals surface area contributed by atoms with Crippen LogP contribution in [0.2, 0.25) is 0 Å². The van der Waals surface area contributed by atoms with E-state index >= 15 is 0 Å². The average molecular weight is 785 g/mol. The van der Waals surface area contributed by atoms with Crippen LogP contribution in [0.4, 0.5) is 18.9 Å². The van der Waals surface area contributed by atoms with Crippen LogP contribution in [-0.2, 0) is 39.3 Å². The second-order valence-electron chi connectivity index (χ2n) is 13.8. The first-order chi connectivity index (χ1) is 27.1. The van der Waals surface area contributed by atoms with Crippen LogP contribution in [0, 0.1) is 17.5 Å². The van der Waals surface area contributed by atoms with Crippen LogP contribution in [0.3, 0.4) is 0 Å². The van der Waals surface area contributed by atoms with Crippen LogP contribution in [0.25, 0.3) is 0 Å². The molecule has 14 heteroatoms. The molecule has 5 aromatic rings. The quantitative estimate of drug-likeness (QED) is 0.111. The fourth-order valence-electron chi connectivity index (χ4n) is 6.99. The molecule has 56 heavy (non-hydrogen) atoms. The Morgan fingerprint density at radius 1 is 0.786 bits per heavy atom. The molecule has 2 fully saturated rings. The molecule has 1 saturated heterocycles. The first kappa shape index (κ1) is 38.7. The highest BCUT2D eigenvalue weighted by Gasteiger charge is 2.47. The number of rotatable bonds is 13. The van der Waals surface area contributed by atoms with Crippen LogP contribution in [-0.4, -0.2) is 47.2 Å². The van der Waals surface area contributed by atoms with E-state index in [9.17, 15) is 31.2 Å². The molecule has 1 aliphatic heterocycles. The lowest BCUT2D eigenvalue weighted by Crippen LogP contribution is -2.59. The lowest BCUT2D eigenvalue weighted by Gasteiger charge is -2.41. The molecule has 0 radical (unpaired) electrons. The number of ether oxygens (including phenoxy) is 2. The van der Waals surface area contributed by atoms with Crippen molar-refractivity contribution in [1.82, 2.24) is 14.3 Å². The Hall–Kier alpha value is -5.60. The van der Waals surface area contributed by atoms with Crippen molar-refractivity contribution in [1.29, 1.82) is 0 Å². The molecule has 2 aliphatic rings. The number of hydrogen-bond acceptors (Lipinski definition) is 8. The number of nitrogens with zero attached hydrogens (tertiary/aromatic N) is 4. The molecule has 1 atom stereocenters. The number of hydrogen-bond donors (Lipinski definition) is 0. The molecule has 1 saturated carbocycles. The van der Waals surface area contributed by atoms with Crippen molar-refractivity contribution >= 4 is 27.6 Å². The topological polar surface area (TPSA) is 119 Å². The van der Waals surface area contributed by atoms with Gasteiger partial charge in [-0.15, -0.1) is 0 Å². The van der Waals surface area contributed by atoms with Crippen LogP contribution < -0.4 is 9.64 Å². The van der Waals surface area contributed by atoms with E-state index < -0.39 is 50.3 Å². The zero-order chi connectivity index (χ0) is 39.2. The number of aromatic nitrogens is 2. The third kappa shape index (κ3) is 8.61. The van der Waals surface area contributed by atoms with E-state index in [0.717, 1.165) is 42.5 Å². The van der Waals surface area contributed by atoms with Crippen LogP contribution in [0.1, 0.15) is 77.3 Å². The fraction of sp³-hybridized carbons (Fsp3) is 0.286. The molecule has 1 aromatic heterocycles. The van der Waals surface area contributed by atoms with E-state index in [1.807, 2.05) is 60.7 Å². The van der Waals surface area contributed by atoms with Gasteiger partial charge in [0, 0.05) is 42.5 Å². The monoisotopic (exact) mass is 784 g/mol. The summed E-state index contributed by atoms with van der Waals surface area (Å²) in [7, 11) is -4.92. The number of halogens is 3. The number of esters is 1. The van der Waals surface area contributed by atoms with Crippen molar-refractivity contribution in [2.24, 2.45) is 0 Å². The molecule has 0 spiro atoms. The lowest BCUT2D eigenvalue weighted by atomic mass is 9.87. The summed E-state index contributed by atoms with van der Waals surface area (Å²) < 4.78 is 83.0. The predicted molar refractivity (Wildman–Crippen MR) is 200 cm³/mol. The first-order valence-electron chi connectivity index (χ1n) is 18.4. The van der Waals surface area contributed by atoms with E-state index in [1.165, 1.54) is 29.5 Å². The summed E-state index contributed by atoms with van der Waals surface area (Å²) in [5.74, 6) is -5.53. The number of sulfonamides is 1. The van der Waals surface area contributed by atoms with Gasteiger partial charge < -0.3 is 14.4 Å². The Morgan fingerprint density at radius 3 is 2.05 bits per heavy atom. The zero-order valence-corrected chi connectivity index (χ0v) is 31.1. The molecular formula is C42H39F3N4O6S. The van der Waals surface area contributed by atoms with Crippen molar-refractivity contribution in [2.75, 3.05) is 11.4 Å². The maximum absolute atomic E-state index is 14.8. The number of carbonyl (C=O) groups excluding carboxylic acids is 2. The number of anilines is 1. The zero-order valence-electron chi connectivity index (χ0n) is 30.3. The van der Waals surface area contributed by atoms with Crippen LogP contribution >= 0.6 is 0 Å². The molecule has 7 rings (SSSR count). The van der Waals surface area contributed by atoms with E-state index in [4.69, 9.17) is 9.47 Å². The van der Waals surface area contributed by atoms with Gasteiger partial charge in [0.1, 0.15) is 48.0 Å². The van der Waals surface area contributed by atoms with Gasteiger partial charge in [-0.25, -0.2) is 26.4 Å². The second kappa shape index (κ2) is 17.0. The Kier molecular flexibility index (Phi) is 11.8. The molecular weight excluding hydrogens is 746 g/mol. The Bertz CT molecular complexity index is 2270. The number of amides is 1. The Balaban J connectivity index is 1.23. The normalized spacial score (nSPS) is 16.2. The summed E-state index contributed by atoms with van der Waals surface area (Å²) in [6, 6.07) is 22.0. The molecule has 290 valence electrons. The Morgan fingerprint density at radius 2 is 1.45 bits per heavy atom. The van der Waals surface area contributed by atoms with Gasteiger partial charge in [-0.2, -0.15) is 4.31 Å². The smallest absolute Gasteiger partial charge is 0.342 e. The molecule has 2 heterocycles. The van der Waals surface area contributed by atoms with E-state index in [1.54, 1.807) is 12.4 Å². The summed E-state index contributed by atoms with van der Waals surface area (Å²) in [6.45, 7) is -0.317. The van der Waals surface area contributed by atoms with Gasteiger partial charge in [-0.1, -0.05) is 79.9 Å². The Labute approximate surface area is 323 Å². The van der Waals surface area contributed by atoms with E-state index in [0.29, 0.717) is 10.00 Å². The van der Waals surface area contributed by atoms with Gasteiger partial charge in [-0.3, -0.25) is 14.8 Å². The maximum Gasteiger partial charge on any atom is 0.342 e. The summed E-state index contributed by atoms with van der Waals surface area (Å²) in [4.78, 5) is 37.2. The second-order valence-corrected chi connectivity index (χ2v) is 15.7. The number of carbonyl (C=O) groups is 2. The summed E-state index contributed by atoms with van der Waals surface area (Å²) in [6.07, 6.45) is 8.69. The van der Waals surface area contributed by atoms with Crippen LogP contribution in [0.5, 0.6) is 5.75 Å². The third-order valence-corrected chi connectivity index (χ3v) is 12.0. The highest BCUT2D eigenvalue weighted by Crippen LogP contribution is 2.35. The van der Waals surface area contributed by atoms with Crippen molar-refractivity contribution in [3.63, 3.8) is 0 Å². The first-order valence-corrected chi connectivity index (χ1v) is 19.8. The highest BCUT2D eigenvalue weighted by molar-refractivity contribution is 7.89. The molecule has 10 nitrogen and oxygen atoms in total. The van der Waals surface area contributed by atoms with Gasteiger partial charge in [0.2, 0.25) is 15.9 Å². The van der Waals surface area contributed by atoms with Gasteiger partial charge >= 0.3 is 5.97 Å². The standard InChI is InChI=1S/C42H39F3N4O6S/c43-31-20-35(44)40(36(45)21-31)56(52,53)49-19-18-38(49)41(50)48(25-32-23-47-37(24-46-32)30-14-8-3-9-15-30)33-16-17-34(42(51)55-27-29-12-6-2-7-13-29)39(22-33)54-26-28-10-4-1-5-11-28/h1-2,4-7,10-13,16-17,20-24,30,38H,3,8-9,14-15,18-19,25-27H2/t38-/m1/s1. The number of benzene rings is 4. The van der Waals surface area contributed by atoms with Gasteiger partial charge in [-0.05, 0) is 42.5 Å². The fourth-order valence-corrected chi connectivity index (χ4v) is 8.71. The molecule has 1 amide bonds. The van der Waals surface area contributed by atoms with Crippen LogP contribution in [0.15, 0.2) is 108 Å². The minimum absolute atomic E-state index is 0.000908. The maximum atomic E-state index is 14.8. The van der Waals surface area contributed by atoms with Crippen molar-refractivity contribution in [3.8, 4) is 5.75 Å². The summed E-state index contributed by atoms with van der Waals surface area (Å²) in [5, 5.41) is 0. The van der Waals surface area contributed by atoms with E-state index in [2.05, 4.69) is 9.97 Å². The predicted octanol–water partition coefficient (Wildman–Crippen LogP) is 7.87. The molecule has 0 bridgehead atoms. The molecule has 0 unspecified atom stereocenters. The van der Waals surface area contributed by atoms with Crippen molar-refractivity contribution in [2.45, 2.75) is 75.1 Å². The summed E-state index contributed by atoms with van der Waals surface area (Å²) in [5.41, 5.74) is 3.12. The average Bonchev–Trinajstić information content (AvgIpc) is 3.18. The molecule has 0 N–H and O–H groups in total. The molecule has 4 aromatic carbocycles.